The van der Waals surface area contributed by atoms with Gasteiger partial charge in [0.15, 0.2) is 0 Å². The van der Waals surface area contributed by atoms with Gasteiger partial charge in [-0.2, -0.15) is 0 Å². The molecule has 5 nitrogen and oxygen atoms in total. The second-order valence-electron chi connectivity index (χ2n) is 5.49. The number of ether oxygens (including phenoxy) is 2. The number of anilines is 1. The fourth-order valence-corrected chi connectivity index (χ4v) is 2.71. The first-order chi connectivity index (χ1) is 9.92. The van der Waals surface area contributed by atoms with Crippen molar-refractivity contribution in [3.63, 3.8) is 0 Å². The Labute approximate surface area is 120 Å². The summed E-state index contributed by atoms with van der Waals surface area (Å²) in [6, 6.07) is 4.08. The number of hydrogen-bond acceptors (Lipinski definition) is 5. The molecular formula is C15H23N3O2. The van der Waals surface area contributed by atoms with Crippen molar-refractivity contribution in [3.05, 3.63) is 18.3 Å². The van der Waals surface area contributed by atoms with Crippen molar-refractivity contribution in [2.24, 2.45) is 5.92 Å². The minimum absolute atomic E-state index is 0.512. The number of nitrogens with zero attached hydrogens (tertiary/aromatic N) is 2. The lowest BCUT2D eigenvalue weighted by Crippen LogP contribution is -2.43. The molecule has 110 valence electrons. The fourth-order valence-electron chi connectivity index (χ4n) is 2.71. The predicted molar refractivity (Wildman–Crippen MR) is 78.4 cm³/mol. The molecule has 1 unspecified atom stereocenters. The van der Waals surface area contributed by atoms with Gasteiger partial charge in [-0.15, -0.1) is 0 Å². The molecule has 1 aromatic rings. The summed E-state index contributed by atoms with van der Waals surface area (Å²) in [6.45, 7) is 6.59. The molecule has 3 heterocycles. The Hall–Kier alpha value is -1.33. The van der Waals surface area contributed by atoms with Crippen LogP contribution in [0.5, 0.6) is 5.88 Å². The summed E-state index contributed by atoms with van der Waals surface area (Å²) in [5.74, 6) is 1.23. The lowest BCUT2D eigenvalue weighted by molar-refractivity contribution is 0.0344. The van der Waals surface area contributed by atoms with Crippen LogP contribution in [0.2, 0.25) is 0 Å². The summed E-state index contributed by atoms with van der Waals surface area (Å²) in [6.07, 6.45) is 4.25. The summed E-state index contributed by atoms with van der Waals surface area (Å²) in [5, 5.41) is 3.35. The van der Waals surface area contributed by atoms with E-state index in [1.165, 1.54) is 12.1 Å². The molecular weight excluding hydrogens is 254 g/mol. The molecule has 1 N–H and O–H groups in total. The van der Waals surface area contributed by atoms with Crippen LogP contribution in [0, 0.1) is 5.92 Å². The number of piperazine rings is 1. The average Bonchev–Trinajstić information content (AvgIpc) is 2.55. The minimum atomic E-state index is 0.512. The van der Waals surface area contributed by atoms with Crippen molar-refractivity contribution in [1.82, 2.24) is 10.3 Å². The highest BCUT2D eigenvalue weighted by Gasteiger charge is 2.15. The number of nitrogens with one attached hydrogen (secondary N) is 1. The van der Waals surface area contributed by atoms with Gasteiger partial charge in [0.05, 0.1) is 25.1 Å². The smallest absolute Gasteiger partial charge is 0.213 e. The van der Waals surface area contributed by atoms with Crippen LogP contribution in [0.3, 0.4) is 0 Å². The van der Waals surface area contributed by atoms with E-state index in [9.17, 15) is 0 Å². The van der Waals surface area contributed by atoms with Crippen molar-refractivity contribution in [1.29, 1.82) is 0 Å². The van der Waals surface area contributed by atoms with Crippen molar-refractivity contribution < 1.29 is 9.47 Å². The number of hydrogen-bond donors (Lipinski definition) is 1. The van der Waals surface area contributed by atoms with Crippen LogP contribution in [-0.2, 0) is 4.74 Å². The van der Waals surface area contributed by atoms with E-state index in [0.29, 0.717) is 12.5 Å². The molecule has 0 amide bonds. The fraction of sp³-hybridized carbons (Fsp3) is 0.667. The number of rotatable bonds is 4. The third-order valence-electron chi connectivity index (χ3n) is 3.92. The molecule has 1 aromatic heterocycles. The van der Waals surface area contributed by atoms with E-state index in [2.05, 4.69) is 21.3 Å². The lowest BCUT2D eigenvalue weighted by atomic mass is 10.0. The average molecular weight is 277 g/mol. The van der Waals surface area contributed by atoms with Gasteiger partial charge in [0, 0.05) is 44.8 Å². The zero-order chi connectivity index (χ0) is 13.6. The van der Waals surface area contributed by atoms with Gasteiger partial charge in [0.25, 0.3) is 0 Å². The van der Waals surface area contributed by atoms with Crippen molar-refractivity contribution in [2.45, 2.75) is 12.8 Å². The molecule has 3 rings (SSSR count). The molecule has 2 aliphatic heterocycles. The highest BCUT2D eigenvalue weighted by Crippen LogP contribution is 2.19. The van der Waals surface area contributed by atoms with Gasteiger partial charge in [-0.25, -0.2) is 4.98 Å². The first-order valence-electron chi connectivity index (χ1n) is 7.54. The Balaban J connectivity index is 1.50. The SMILES string of the molecule is c1cc(OCC2CCCOC2)ncc1N1CCNCC1. The highest BCUT2D eigenvalue weighted by molar-refractivity contribution is 5.45. The summed E-state index contributed by atoms with van der Waals surface area (Å²) in [4.78, 5) is 6.76. The Morgan fingerprint density at radius 1 is 1.35 bits per heavy atom. The Bertz CT molecular complexity index is 398. The molecule has 2 saturated heterocycles. The second kappa shape index (κ2) is 6.90. The molecule has 0 radical (unpaired) electrons. The standard InChI is InChI=1S/C15H23N3O2/c1-2-13(11-19-9-1)12-20-15-4-3-14(10-17-15)18-7-5-16-6-8-18/h3-4,10,13,16H,1-2,5-9,11-12H2. The first kappa shape index (κ1) is 13.6. The van der Waals surface area contributed by atoms with Gasteiger partial charge in [0.2, 0.25) is 5.88 Å². The van der Waals surface area contributed by atoms with Crippen LogP contribution in [0.1, 0.15) is 12.8 Å². The molecule has 0 bridgehead atoms. The molecule has 0 spiro atoms. The summed E-state index contributed by atoms with van der Waals surface area (Å²) < 4.78 is 11.2. The van der Waals surface area contributed by atoms with E-state index >= 15 is 0 Å². The summed E-state index contributed by atoms with van der Waals surface area (Å²) in [5.41, 5.74) is 1.18. The van der Waals surface area contributed by atoms with E-state index in [4.69, 9.17) is 9.47 Å². The van der Waals surface area contributed by atoms with Gasteiger partial charge >= 0.3 is 0 Å². The van der Waals surface area contributed by atoms with Crippen LogP contribution in [0.15, 0.2) is 18.3 Å². The van der Waals surface area contributed by atoms with E-state index in [1.807, 2.05) is 12.3 Å². The van der Waals surface area contributed by atoms with Crippen LogP contribution < -0.4 is 15.0 Å². The van der Waals surface area contributed by atoms with E-state index in [1.54, 1.807) is 0 Å². The Morgan fingerprint density at radius 3 is 2.95 bits per heavy atom. The van der Waals surface area contributed by atoms with E-state index < -0.39 is 0 Å². The molecule has 0 saturated carbocycles. The maximum atomic E-state index is 5.77. The lowest BCUT2D eigenvalue weighted by Gasteiger charge is -2.29. The van der Waals surface area contributed by atoms with Crippen molar-refractivity contribution in [2.75, 3.05) is 50.9 Å². The second-order valence-corrected chi connectivity index (χ2v) is 5.49. The van der Waals surface area contributed by atoms with Crippen LogP contribution >= 0.6 is 0 Å². The maximum absolute atomic E-state index is 5.77. The van der Waals surface area contributed by atoms with Gasteiger partial charge in [-0.3, -0.25) is 0 Å². The monoisotopic (exact) mass is 277 g/mol. The first-order valence-corrected chi connectivity index (χ1v) is 7.54. The third-order valence-corrected chi connectivity index (χ3v) is 3.92. The molecule has 1 atom stereocenters. The predicted octanol–water partition coefficient (Wildman–Crippen LogP) is 1.30. The summed E-state index contributed by atoms with van der Waals surface area (Å²) >= 11 is 0. The van der Waals surface area contributed by atoms with Crippen molar-refractivity contribution >= 4 is 5.69 Å². The zero-order valence-electron chi connectivity index (χ0n) is 11.9. The van der Waals surface area contributed by atoms with Crippen molar-refractivity contribution in [3.8, 4) is 5.88 Å². The number of aromatic nitrogens is 1. The number of pyridine rings is 1. The molecule has 0 aromatic carbocycles. The molecule has 0 aliphatic carbocycles. The Kier molecular flexibility index (Phi) is 4.71. The minimum Gasteiger partial charge on any atom is -0.477 e. The largest absolute Gasteiger partial charge is 0.477 e. The maximum Gasteiger partial charge on any atom is 0.213 e. The van der Waals surface area contributed by atoms with Gasteiger partial charge in [-0.1, -0.05) is 0 Å². The van der Waals surface area contributed by atoms with E-state index in [-0.39, 0.29) is 0 Å². The van der Waals surface area contributed by atoms with Crippen LogP contribution in [0.25, 0.3) is 0 Å². The van der Waals surface area contributed by atoms with E-state index in [0.717, 1.165) is 51.7 Å². The van der Waals surface area contributed by atoms with Gasteiger partial charge < -0.3 is 19.7 Å². The molecule has 5 heteroatoms. The topological polar surface area (TPSA) is 46.6 Å². The molecule has 2 aliphatic rings. The Morgan fingerprint density at radius 2 is 2.25 bits per heavy atom. The quantitative estimate of drug-likeness (QED) is 0.899. The van der Waals surface area contributed by atoms with Gasteiger partial charge in [0.1, 0.15) is 0 Å². The van der Waals surface area contributed by atoms with Crippen LogP contribution in [-0.4, -0.2) is 51.0 Å². The third kappa shape index (κ3) is 3.61. The summed E-state index contributed by atoms with van der Waals surface area (Å²) in [7, 11) is 0. The van der Waals surface area contributed by atoms with Gasteiger partial charge in [-0.05, 0) is 18.9 Å². The highest BCUT2D eigenvalue weighted by atomic mass is 16.5. The molecule has 20 heavy (non-hydrogen) atoms. The zero-order valence-corrected chi connectivity index (χ0v) is 11.9. The molecule has 2 fully saturated rings. The normalized spacial score (nSPS) is 23.6. The van der Waals surface area contributed by atoms with Crippen LogP contribution in [0.4, 0.5) is 5.69 Å².